The Labute approximate surface area is 142 Å². The van der Waals surface area contributed by atoms with Gasteiger partial charge in [-0.1, -0.05) is 90.9 Å². The zero-order valence-corrected chi connectivity index (χ0v) is 14.5. The smallest absolute Gasteiger partial charge is 0.0347 e. The Morgan fingerprint density at radius 3 is 1.77 bits per heavy atom. The maximum atomic E-state index is 8.76. The van der Waals surface area contributed by atoms with Crippen LogP contribution in [-0.2, 0) is 5.41 Å². The van der Waals surface area contributed by atoms with Crippen LogP contribution in [-0.4, -0.2) is 0 Å². The summed E-state index contributed by atoms with van der Waals surface area (Å²) in [4.78, 5) is 0. The average Bonchev–Trinajstić information content (AvgIpc) is 2.60. The van der Waals surface area contributed by atoms with Crippen LogP contribution in [0.25, 0.3) is 11.1 Å². The zero-order chi connectivity index (χ0) is 19.8. The molecule has 0 saturated heterocycles. The highest BCUT2D eigenvalue weighted by atomic mass is 14.3. The van der Waals surface area contributed by atoms with Crippen LogP contribution in [0.15, 0.2) is 42.5 Å². The minimum atomic E-state index is -1.07. The Morgan fingerprint density at radius 2 is 1.36 bits per heavy atom. The molecule has 0 heterocycles. The van der Waals surface area contributed by atoms with E-state index in [9.17, 15) is 0 Å². The first kappa shape index (κ1) is 11.9. The van der Waals surface area contributed by atoms with Crippen LogP contribution in [0, 0.1) is 0 Å². The van der Waals surface area contributed by atoms with Gasteiger partial charge in [-0.05, 0) is 45.0 Å². The Morgan fingerprint density at radius 1 is 0.864 bits per heavy atom. The molecule has 118 valence electrons. The second-order valence-corrected chi connectivity index (χ2v) is 7.12. The lowest BCUT2D eigenvalue weighted by Crippen LogP contribution is -2.19. The number of hydrogen-bond acceptors (Lipinski definition) is 0. The van der Waals surface area contributed by atoms with E-state index in [1.54, 1.807) is 13.8 Å². The van der Waals surface area contributed by atoms with E-state index in [1.165, 1.54) is 0 Å². The maximum Gasteiger partial charge on any atom is 0.0347 e. The molecular formula is C22H30. The van der Waals surface area contributed by atoms with Gasteiger partial charge in [0.15, 0.2) is 0 Å². The van der Waals surface area contributed by atoms with Crippen molar-refractivity contribution in [3.63, 3.8) is 0 Å². The van der Waals surface area contributed by atoms with Gasteiger partial charge in [0.1, 0.15) is 0 Å². The van der Waals surface area contributed by atoms with Crippen molar-refractivity contribution in [2.45, 2.75) is 65.6 Å². The third kappa shape index (κ3) is 3.43. The monoisotopic (exact) mass is 298 g/mol. The van der Waals surface area contributed by atoms with E-state index < -0.39 is 11.8 Å². The third-order valence-corrected chi connectivity index (χ3v) is 3.92. The van der Waals surface area contributed by atoms with Crippen LogP contribution in [0.5, 0.6) is 0 Å². The van der Waals surface area contributed by atoms with Gasteiger partial charge in [-0.2, -0.15) is 0 Å². The summed E-state index contributed by atoms with van der Waals surface area (Å²) in [5, 5.41) is 0. The Hall–Kier alpha value is -1.56. The molecule has 0 saturated carbocycles. The zero-order valence-electron chi connectivity index (χ0n) is 18.5. The van der Waals surface area contributed by atoms with Crippen molar-refractivity contribution in [1.82, 2.24) is 0 Å². The predicted molar refractivity (Wildman–Crippen MR) is 98.8 cm³/mol. The summed E-state index contributed by atoms with van der Waals surface area (Å²) in [6, 6.07) is 14.0. The van der Waals surface area contributed by atoms with Crippen molar-refractivity contribution in [3.05, 3.63) is 59.2 Å². The first-order valence-corrected chi connectivity index (χ1v) is 7.77. The summed E-state index contributed by atoms with van der Waals surface area (Å²) in [5.74, 6) is -2.14. The fourth-order valence-corrected chi connectivity index (χ4v) is 2.92. The van der Waals surface area contributed by atoms with Gasteiger partial charge in [0.2, 0.25) is 0 Å². The van der Waals surface area contributed by atoms with Crippen molar-refractivity contribution >= 4 is 0 Å². The second-order valence-electron chi connectivity index (χ2n) is 7.12. The van der Waals surface area contributed by atoms with Gasteiger partial charge in [-0.15, -0.1) is 0 Å². The van der Waals surface area contributed by atoms with Crippen LogP contribution in [0.1, 0.15) is 82.4 Å². The van der Waals surface area contributed by atoms with Gasteiger partial charge < -0.3 is 0 Å². The summed E-state index contributed by atoms with van der Waals surface area (Å²) in [7, 11) is 0. The molecule has 0 aromatic heterocycles. The van der Waals surface area contributed by atoms with Crippen LogP contribution in [0.2, 0.25) is 0 Å². The fraction of sp³-hybridized carbons (Fsp3) is 0.455. The quantitative estimate of drug-likeness (QED) is 0.578. The van der Waals surface area contributed by atoms with Crippen molar-refractivity contribution in [3.8, 4) is 11.1 Å². The molecule has 2 rings (SSSR count). The summed E-state index contributed by atoms with van der Waals surface area (Å²) in [5.41, 5.74) is 4.21. The standard InChI is InChI=1S/C22H30/c1-15(2)19-13-18(17-11-9-8-10-12-17)14-20(16(3)4)21(19)22(5,6)7/h8-16H,1-7H3/i1D,3D,15D,16D. The summed E-state index contributed by atoms with van der Waals surface area (Å²) < 4.78 is 33.4. The summed E-state index contributed by atoms with van der Waals surface area (Å²) in [6.07, 6.45) is 0. The largest absolute Gasteiger partial charge is 0.0622 e. The van der Waals surface area contributed by atoms with E-state index in [1.807, 2.05) is 42.5 Å². The first-order chi connectivity index (χ1) is 11.9. The number of benzene rings is 2. The highest BCUT2D eigenvalue weighted by Gasteiger charge is 2.25. The molecule has 0 N–H and O–H groups in total. The van der Waals surface area contributed by atoms with E-state index >= 15 is 0 Å². The van der Waals surface area contributed by atoms with Crippen LogP contribution in [0.3, 0.4) is 0 Å². The van der Waals surface area contributed by atoms with Crippen molar-refractivity contribution < 1.29 is 5.48 Å². The molecule has 0 spiro atoms. The van der Waals surface area contributed by atoms with E-state index in [2.05, 4.69) is 20.8 Å². The predicted octanol–water partition coefficient (Wildman–Crippen LogP) is 6.90. The van der Waals surface area contributed by atoms with Crippen LogP contribution >= 0.6 is 0 Å². The molecule has 0 fully saturated rings. The molecule has 2 unspecified atom stereocenters. The fourth-order valence-electron chi connectivity index (χ4n) is 2.92. The Kier molecular flexibility index (Phi) is 3.41. The van der Waals surface area contributed by atoms with Gasteiger partial charge in [0, 0.05) is 5.48 Å². The molecule has 0 bridgehead atoms. The van der Waals surface area contributed by atoms with Crippen LogP contribution in [0.4, 0.5) is 0 Å². The van der Waals surface area contributed by atoms with Crippen molar-refractivity contribution in [2.24, 2.45) is 0 Å². The highest BCUT2D eigenvalue weighted by molar-refractivity contribution is 5.67. The number of hydrogen-bond donors (Lipinski definition) is 0. The van der Waals surface area contributed by atoms with Crippen LogP contribution < -0.4 is 0 Å². The second kappa shape index (κ2) is 6.28. The maximum absolute atomic E-state index is 8.76. The first-order valence-electron chi connectivity index (χ1n) is 10.2. The topological polar surface area (TPSA) is 0 Å². The highest BCUT2D eigenvalue weighted by Crippen LogP contribution is 2.39. The van der Waals surface area contributed by atoms with Gasteiger partial charge in [0.25, 0.3) is 0 Å². The summed E-state index contributed by atoms with van der Waals surface area (Å²) >= 11 is 0. The Balaban J connectivity index is 2.94. The average molecular weight is 299 g/mol. The van der Waals surface area contributed by atoms with Gasteiger partial charge in [0.05, 0.1) is 0 Å². The minimum absolute atomic E-state index is 0.0522. The summed E-state index contributed by atoms with van der Waals surface area (Å²) in [6.45, 7) is 9.68. The van der Waals surface area contributed by atoms with E-state index in [0.29, 0.717) is 0 Å². The van der Waals surface area contributed by atoms with E-state index in [4.69, 9.17) is 5.48 Å². The normalized spacial score (nSPS) is 20.0. The van der Waals surface area contributed by atoms with E-state index in [0.717, 1.165) is 27.8 Å². The molecule has 22 heavy (non-hydrogen) atoms. The van der Waals surface area contributed by atoms with Gasteiger partial charge in [-0.3, -0.25) is 0 Å². The Bertz CT molecular complexity index is 718. The van der Waals surface area contributed by atoms with Gasteiger partial charge >= 0.3 is 0 Å². The molecule has 0 amide bonds. The molecule has 0 radical (unpaired) electrons. The van der Waals surface area contributed by atoms with Crippen molar-refractivity contribution in [2.75, 3.05) is 0 Å². The molecule has 0 nitrogen and oxygen atoms in total. The number of rotatable bonds is 3. The third-order valence-electron chi connectivity index (χ3n) is 3.92. The lowest BCUT2D eigenvalue weighted by Gasteiger charge is -2.30. The van der Waals surface area contributed by atoms with E-state index in [-0.39, 0.29) is 19.2 Å². The molecule has 2 aromatic rings. The van der Waals surface area contributed by atoms with Gasteiger partial charge in [-0.25, -0.2) is 0 Å². The lowest BCUT2D eigenvalue weighted by atomic mass is 9.74. The lowest BCUT2D eigenvalue weighted by molar-refractivity contribution is 0.564. The molecule has 0 aliphatic carbocycles. The SMILES string of the molecule is [2H]CC([2H])(C)c1cc(-c2ccccc2)cc(C([2H])(C)C[2H])c1C(C)(C)C. The molecule has 0 aliphatic rings. The molecule has 0 heteroatoms. The molecular weight excluding hydrogens is 264 g/mol. The minimum Gasteiger partial charge on any atom is -0.0622 e. The molecule has 2 aromatic carbocycles. The molecule has 2 atom stereocenters. The molecule has 0 aliphatic heterocycles. The van der Waals surface area contributed by atoms with Crippen molar-refractivity contribution in [1.29, 1.82) is 0 Å².